The lowest BCUT2D eigenvalue weighted by Gasteiger charge is -2.32. The molecule has 0 bridgehead atoms. The van der Waals surface area contributed by atoms with Gasteiger partial charge in [-0.15, -0.1) is 0 Å². The van der Waals surface area contributed by atoms with Crippen molar-refractivity contribution < 1.29 is 9.90 Å². The van der Waals surface area contributed by atoms with E-state index >= 15 is 0 Å². The molecule has 12 heteroatoms. The minimum Gasteiger partial charge on any atom is -0.393 e. The number of amides is 1. The van der Waals surface area contributed by atoms with Crippen molar-refractivity contribution in [3.05, 3.63) is 33.4 Å². The minimum absolute atomic E-state index is 0.0428. The standard InChI is InChI=1S/C22H24Cl3N7O2/c23-11-5-15(24)18(16(25)6-11)30-22-29-17-9-27-21(28-12-7-14(33)8-12)31-20(17)32(22)13-3-1-10(2-4-13)19(26)34/h5-6,9-10,12-14,33H,1-4,7-8H2,(H2,26,34)(H,29,30)(H,27,28,31)/t10-,12-,13+,14-. The maximum atomic E-state index is 11.7. The van der Waals surface area contributed by atoms with Crippen LogP contribution in [0.25, 0.3) is 11.2 Å². The van der Waals surface area contributed by atoms with E-state index in [4.69, 9.17) is 50.5 Å². The SMILES string of the molecule is NC(=O)[C@H]1CC[C@@H](n2c(Nc3c(Cl)cc(Cl)cc3Cl)nc3cnc(N[C@H]4C[C@H](O)C4)nc32)CC1. The van der Waals surface area contributed by atoms with Crippen LogP contribution < -0.4 is 16.4 Å². The van der Waals surface area contributed by atoms with Crippen LogP contribution in [0.2, 0.25) is 15.1 Å². The van der Waals surface area contributed by atoms with Crippen LogP contribution in [0.3, 0.4) is 0 Å². The van der Waals surface area contributed by atoms with Gasteiger partial charge < -0.3 is 21.5 Å². The Morgan fingerprint density at radius 3 is 2.38 bits per heavy atom. The van der Waals surface area contributed by atoms with Crippen molar-refractivity contribution >= 4 is 69.5 Å². The van der Waals surface area contributed by atoms with Gasteiger partial charge in [0.25, 0.3) is 0 Å². The summed E-state index contributed by atoms with van der Waals surface area (Å²) in [6, 6.07) is 3.40. The molecule has 2 saturated carbocycles. The number of nitrogens with two attached hydrogens (primary N) is 1. The molecule has 180 valence electrons. The lowest BCUT2D eigenvalue weighted by Crippen LogP contribution is -2.39. The number of halogens is 3. The first-order valence-electron chi connectivity index (χ1n) is 11.2. The molecular formula is C22H24Cl3N7O2. The molecule has 0 unspecified atom stereocenters. The molecule has 5 rings (SSSR count). The van der Waals surface area contributed by atoms with E-state index in [1.54, 1.807) is 18.3 Å². The number of hydrogen-bond acceptors (Lipinski definition) is 7. The summed E-state index contributed by atoms with van der Waals surface area (Å²) in [4.78, 5) is 25.6. The van der Waals surface area contributed by atoms with Crippen molar-refractivity contribution in [2.24, 2.45) is 11.7 Å². The number of aliphatic hydroxyl groups excluding tert-OH is 1. The van der Waals surface area contributed by atoms with Gasteiger partial charge in [-0.05, 0) is 50.7 Å². The summed E-state index contributed by atoms with van der Waals surface area (Å²) in [7, 11) is 0. The molecule has 9 nitrogen and oxygen atoms in total. The molecule has 0 radical (unpaired) electrons. The Bertz CT molecular complexity index is 1210. The fourth-order valence-electron chi connectivity index (χ4n) is 4.67. The minimum atomic E-state index is -0.281. The Morgan fingerprint density at radius 1 is 1.09 bits per heavy atom. The third kappa shape index (κ3) is 4.62. The Hall–Kier alpha value is -2.33. The van der Waals surface area contributed by atoms with Crippen LogP contribution in [0, 0.1) is 5.92 Å². The van der Waals surface area contributed by atoms with Crippen LogP contribution in [0.1, 0.15) is 44.6 Å². The van der Waals surface area contributed by atoms with Gasteiger partial charge in [-0.25, -0.2) is 9.97 Å². The lowest BCUT2D eigenvalue weighted by molar-refractivity contribution is -0.122. The van der Waals surface area contributed by atoms with E-state index in [1.807, 2.05) is 4.57 Å². The van der Waals surface area contributed by atoms with E-state index in [1.165, 1.54) is 0 Å². The number of benzene rings is 1. The molecule has 3 aromatic rings. The van der Waals surface area contributed by atoms with E-state index < -0.39 is 0 Å². The van der Waals surface area contributed by atoms with Gasteiger partial charge in [0.2, 0.25) is 17.8 Å². The van der Waals surface area contributed by atoms with E-state index in [2.05, 4.69) is 15.6 Å². The van der Waals surface area contributed by atoms with Gasteiger partial charge >= 0.3 is 0 Å². The van der Waals surface area contributed by atoms with Gasteiger partial charge in [-0.3, -0.25) is 9.36 Å². The molecule has 0 aliphatic heterocycles. The van der Waals surface area contributed by atoms with E-state index in [9.17, 15) is 9.90 Å². The van der Waals surface area contributed by atoms with Gasteiger partial charge in [-0.1, -0.05) is 34.8 Å². The van der Waals surface area contributed by atoms with Crippen molar-refractivity contribution in [2.75, 3.05) is 10.6 Å². The maximum absolute atomic E-state index is 11.7. The molecule has 2 heterocycles. The molecule has 0 atom stereocenters. The second-order valence-electron chi connectivity index (χ2n) is 8.95. The predicted molar refractivity (Wildman–Crippen MR) is 133 cm³/mol. The fraction of sp³-hybridized carbons (Fsp3) is 0.455. The third-order valence-corrected chi connectivity index (χ3v) is 7.40. The van der Waals surface area contributed by atoms with Crippen LogP contribution >= 0.6 is 34.8 Å². The summed E-state index contributed by atoms with van der Waals surface area (Å²) in [6.45, 7) is 0. The quantitative estimate of drug-likeness (QED) is 0.368. The zero-order valence-electron chi connectivity index (χ0n) is 18.1. The molecule has 0 spiro atoms. The van der Waals surface area contributed by atoms with Gasteiger partial charge in [0.15, 0.2) is 5.65 Å². The number of anilines is 3. The first-order chi connectivity index (χ1) is 16.3. The van der Waals surface area contributed by atoms with Crippen LogP contribution in [-0.4, -0.2) is 42.7 Å². The number of fused-ring (bicyclic) bond motifs is 1. The number of primary amides is 1. The monoisotopic (exact) mass is 523 g/mol. The van der Waals surface area contributed by atoms with Crippen molar-refractivity contribution in [3.8, 4) is 0 Å². The van der Waals surface area contributed by atoms with Crippen molar-refractivity contribution in [3.63, 3.8) is 0 Å². The average Bonchev–Trinajstić information content (AvgIpc) is 3.12. The Kier molecular flexibility index (Phi) is 6.45. The summed E-state index contributed by atoms with van der Waals surface area (Å²) >= 11 is 18.9. The summed E-state index contributed by atoms with van der Waals surface area (Å²) in [5.41, 5.74) is 7.29. The number of nitrogens with zero attached hydrogens (tertiary/aromatic N) is 4. The molecule has 2 fully saturated rings. The molecule has 1 amide bonds. The molecule has 1 aromatic carbocycles. The number of nitrogens with one attached hydrogen (secondary N) is 2. The average molecular weight is 525 g/mol. The largest absolute Gasteiger partial charge is 0.393 e. The number of imidazole rings is 1. The number of rotatable bonds is 6. The highest BCUT2D eigenvalue weighted by Crippen LogP contribution is 2.40. The third-order valence-electron chi connectivity index (χ3n) is 6.59. The molecular weight excluding hydrogens is 501 g/mol. The first-order valence-corrected chi connectivity index (χ1v) is 12.3. The topological polar surface area (TPSA) is 131 Å². The molecule has 34 heavy (non-hydrogen) atoms. The molecule has 2 aliphatic carbocycles. The van der Waals surface area contributed by atoms with Crippen molar-refractivity contribution in [2.45, 2.75) is 56.7 Å². The highest BCUT2D eigenvalue weighted by molar-refractivity contribution is 6.41. The highest BCUT2D eigenvalue weighted by Gasteiger charge is 2.31. The fourth-order valence-corrected chi connectivity index (χ4v) is 5.59. The number of hydrogen-bond donors (Lipinski definition) is 4. The van der Waals surface area contributed by atoms with Crippen molar-refractivity contribution in [1.29, 1.82) is 0 Å². The zero-order chi connectivity index (χ0) is 24.0. The first kappa shape index (κ1) is 23.4. The highest BCUT2D eigenvalue weighted by atomic mass is 35.5. The zero-order valence-corrected chi connectivity index (χ0v) is 20.4. The predicted octanol–water partition coefficient (Wildman–Crippen LogP) is 4.68. The van der Waals surface area contributed by atoms with E-state index in [0.29, 0.717) is 69.5 Å². The van der Waals surface area contributed by atoms with E-state index in [0.717, 1.165) is 12.8 Å². The second-order valence-corrected chi connectivity index (χ2v) is 10.2. The summed E-state index contributed by atoms with van der Waals surface area (Å²) < 4.78 is 2.02. The number of aliphatic hydroxyl groups is 1. The summed E-state index contributed by atoms with van der Waals surface area (Å²) in [5.74, 6) is 0.614. The van der Waals surface area contributed by atoms with Crippen LogP contribution in [-0.2, 0) is 4.79 Å². The normalized spacial score (nSPS) is 24.6. The Labute approximate surface area is 211 Å². The lowest BCUT2D eigenvalue weighted by atomic mass is 9.85. The Morgan fingerprint density at radius 2 is 1.76 bits per heavy atom. The second kappa shape index (κ2) is 9.37. The maximum Gasteiger partial charge on any atom is 0.224 e. The van der Waals surface area contributed by atoms with Gasteiger partial charge in [0.05, 0.1) is 28.0 Å². The number of carbonyl (C=O) groups excluding carboxylic acids is 1. The summed E-state index contributed by atoms with van der Waals surface area (Å²) in [6.07, 6.45) is 5.60. The number of aromatic nitrogens is 4. The molecule has 2 aromatic heterocycles. The van der Waals surface area contributed by atoms with Crippen molar-refractivity contribution in [1.82, 2.24) is 19.5 Å². The van der Waals surface area contributed by atoms with Crippen LogP contribution in [0.5, 0.6) is 0 Å². The van der Waals surface area contributed by atoms with Gasteiger partial charge in [0.1, 0.15) is 5.52 Å². The molecule has 5 N–H and O–H groups in total. The summed E-state index contributed by atoms with van der Waals surface area (Å²) in [5, 5.41) is 17.3. The van der Waals surface area contributed by atoms with Gasteiger partial charge in [0, 0.05) is 23.0 Å². The van der Waals surface area contributed by atoms with Crippen LogP contribution in [0.15, 0.2) is 18.3 Å². The molecule has 2 aliphatic rings. The molecule has 0 saturated heterocycles. The Balaban J connectivity index is 1.52. The van der Waals surface area contributed by atoms with Crippen LogP contribution in [0.4, 0.5) is 17.6 Å². The van der Waals surface area contributed by atoms with Gasteiger partial charge in [-0.2, -0.15) is 4.98 Å². The van der Waals surface area contributed by atoms with E-state index in [-0.39, 0.29) is 30.0 Å². The smallest absolute Gasteiger partial charge is 0.224 e. The number of carbonyl (C=O) groups is 1.